The molecule has 1 N–H and O–H groups in total. The largest absolute Gasteiger partial charge is 0.444 e. The molecular weight excluding hydrogens is 434 g/mol. The van der Waals surface area contributed by atoms with E-state index in [0.717, 1.165) is 10.4 Å². The number of nitrogens with one attached hydrogen (secondary N) is 1. The highest BCUT2D eigenvalue weighted by Crippen LogP contribution is 2.29. The van der Waals surface area contributed by atoms with Crippen LogP contribution in [0.15, 0.2) is 21.5 Å². The summed E-state index contributed by atoms with van der Waals surface area (Å²) in [5, 5.41) is 2.61. The first-order valence-corrected chi connectivity index (χ1v) is 10.2. The van der Waals surface area contributed by atoms with Crippen LogP contribution < -0.4 is 5.32 Å². The van der Waals surface area contributed by atoms with Gasteiger partial charge in [0.25, 0.3) is 0 Å². The van der Waals surface area contributed by atoms with Gasteiger partial charge in [0.15, 0.2) is 0 Å². The molecule has 0 saturated carbocycles. The van der Waals surface area contributed by atoms with Gasteiger partial charge in [-0.25, -0.2) is 22.0 Å². The van der Waals surface area contributed by atoms with Crippen molar-refractivity contribution < 1.29 is 26.7 Å². The minimum absolute atomic E-state index is 0.121. The Hall–Kier alpha value is -1.26. The van der Waals surface area contributed by atoms with Crippen molar-refractivity contribution in [1.29, 1.82) is 0 Å². The van der Waals surface area contributed by atoms with Gasteiger partial charge in [-0.15, -0.1) is 0 Å². The Morgan fingerprint density at radius 1 is 1.35 bits per heavy atom. The number of alkyl carbamates (subject to hydrolysis) is 1. The van der Waals surface area contributed by atoms with E-state index in [2.05, 4.69) is 21.2 Å². The van der Waals surface area contributed by atoms with Crippen molar-refractivity contribution in [3.8, 4) is 0 Å². The topological polar surface area (TPSA) is 75.7 Å². The van der Waals surface area contributed by atoms with Crippen LogP contribution >= 0.6 is 15.9 Å². The molecule has 1 aromatic carbocycles. The van der Waals surface area contributed by atoms with Gasteiger partial charge >= 0.3 is 6.09 Å². The number of nitrogens with zero attached hydrogens (tertiary/aromatic N) is 1. The molecule has 146 valence electrons. The van der Waals surface area contributed by atoms with Gasteiger partial charge in [0, 0.05) is 25.7 Å². The number of carbonyl (C=O) groups excluding carboxylic acids is 1. The third-order valence-corrected chi connectivity index (χ3v) is 6.26. The first kappa shape index (κ1) is 21.0. The summed E-state index contributed by atoms with van der Waals surface area (Å²) in [4.78, 5) is 11.1. The summed E-state index contributed by atoms with van der Waals surface area (Å²) in [5.74, 6) is -2.13. The van der Waals surface area contributed by atoms with Crippen molar-refractivity contribution in [1.82, 2.24) is 9.62 Å². The van der Waals surface area contributed by atoms with Crippen LogP contribution in [0.1, 0.15) is 27.2 Å². The van der Waals surface area contributed by atoms with E-state index in [9.17, 15) is 22.0 Å². The average molecular weight is 455 g/mol. The molecule has 1 atom stereocenters. The normalized spacial score (nSPS) is 18.8. The summed E-state index contributed by atoms with van der Waals surface area (Å²) >= 11 is 2.87. The molecule has 2 rings (SSSR count). The number of hydrogen-bond acceptors (Lipinski definition) is 4. The molecule has 6 nitrogen and oxygen atoms in total. The van der Waals surface area contributed by atoms with E-state index in [1.807, 2.05) is 0 Å². The molecule has 0 spiro atoms. The van der Waals surface area contributed by atoms with Gasteiger partial charge < -0.3 is 10.1 Å². The van der Waals surface area contributed by atoms with Crippen molar-refractivity contribution in [2.75, 3.05) is 19.6 Å². The fourth-order valence-corrected chi connectivity index (χ4v) is 4.66. The lowest BCUT2D eigenvalue weighted by molar-refractivity contribution is 0.0520. The van der Waals surface area contributed by atoms with Gasteiger partial charge in [-0.3, -0.25) is 0 Å². The highest BCUT2D eigenvalue weighted by molar-refractivity contribution is 9.10. The van der Waals surface area contributed by atoms with Crippen LogP contribution in [-0.4, -0.2) is 44.1 Å². The Bertz CT molecular complexity index is 796. The van der Waals surface area contributed by atoms with E-state index in [0.29, 0.717) is 12.5 Å². The lowest BCUT2D eigenvalue weighted by Crippen LogP contribution is -2.36. The van der Waals surface area contributed by atoms with E-state index in [-0.39, 0.29) is 30.0 Å². The Labute approximate surface area is 160 Å². The molecule has 1 fully saturated rings. The van der Waals surface area contributed by atoms with Gasteiger partial charge in [0.1, 0.15) is 22.1 Å². The Kier molecular flexibility index (Phi) is 6.29. The van der Waals surface area contributed by atoms with Crippen molar-refractivity contribution in [2.24, 2.45) is 5.92 Å². The summed E-state index contributed by atoms with van der Waals surface area (Å²) in [6.07, 6.45) is -0.0637. The summed E-state index contributed by atoms with van der Waals surface area (Å²) in [6, 6.07) is 1.46. The van der Waals surface area contributed by atoms with Crippen LogP contribution in [-0.2, 0) is 14.8 Å². The van der Waals surface area contributed by atoms with E-state index in [1.165, 1.54) is 0 Å². The Morgan fingerprint density at radius 2 is 2.00 bits per heavy atom. The van der Waals surface area contributed by atoms with Gasteiger partial charge in [0.2, 0.25) is 10.0 Å². The summed E-state index contributed by atoms with van der Waals surface area (Å²) in [5.41, 5.74) is -0.622. The van der Waals surface area contributed by atoms with E-state index >= 15 is 0 Å². The Morgan fingerprint density at radius 3 is 2.62 bits per heavy atom. The molecule has 0 radical (unpaired) electrons. The second-order valence-electron chi connectivity index (χ2n) is 7.10. The maximum atomic E-state index is 13.9. The van der Waals surface area contributed by atoms with Gasteiger partial charge in [-0.1, -0.05) is 0 Å². The smallest absolute Gasteiger partial charge is 0.407 e. The number of rotatable bonds is 4. The molecule has 1 unspecified atom stereocenters. The number of amides is 1. The highest BCUT2D eigenvalue weighted by Gasteiger charge is 2.35. The fraction of sp³-hybridized carbons (Fsp3) is 0.562. The van der Waals surface area contributed by atoms with E-state index < -0.39 is 38.2 Å². The molecule has 0 aliphatic carbocycles. The lowest BCUT2D eigenvalue weighted by Gasteiger charge is -2.21. The minimum Gasteiger partial charge on any atom is -0.444 e. The van der Waals surface area contributed by atoms with Crippen molar-refractivity contribution >= 4 is 32.0 Å². The molecule has 0 aromatic heterocycles. The van der Waals surface area contributed by atoms with Gasteiger partial charge in [-0.2, -0.15) is 4.31 Å². The maximum Gasteiger partial charge on any atom is 0.407 e. The molecule has 26 heavy (non-hydrogen) atoms. The molecule has 1 aliphatic rings. The van der Waals surface area contributed by atoms with Crippen LogP contribution in [0.3, 0.4) is 0 Å². The number of carbonyl (C=O) groups is 1. The second-order valence-corrected chi connectivity index (χ2v) is 9.86. The summed E-state index contributed by atoms with van der Waals surface area (Å²) in [6.45, 7) is 5.80. The molecular formula is C16H21BrF2N2O4S. The number of benzene rings is 1. The summed E-state index contributed by atoms with van der Waals surface area (Å²) < 4.78 is 58.7. The molecule has 1 saturated heterocycles. The third-order valence-electron chi connectivity index (χ3n) is 3.78. The number of hydrogen-bond donors (Lipinski definition) is 1. The standard InChI is InChI=1S/C16H21BrF2N2O4S/c1-16(2,3)25-15(22)20-8-10-4-5-21(9-10)26(23,24)14-6-11(17)12(18)7-13(14)19/h6-7,10H,4-5,8-9H2,1-3H3,(H,20,22). The predicted molar refractivity (Wildman–Crippen MR) is 95.2 cm³/mol. The molecule has 1 amide bonds. The van der Waals surface area contributed by atoms with Crippen LogP contribution in [0.5, 0.6) is 0 Å². The number of ether oxygens (including phenoxy) is 1. The zero-order chi connectivity index (χ0) is 19.7. The predicted octanol–water partition coefficient (Wildman–Crippen LogP) is 3.26. The fourth-order valence-electron chi connectivity index (χ4n) is 2.56. The van der Waals surface area contributed by atoms with Crippen molar-refractivity contribution in [2.45, 2.75) is 37.7 Å². The van der Waals surface area contributed by atoms with Crippen molar-refractivity contribution in [3.63, 3.8) is 0 Å². The van der Waals surface area contributed by atoms with Crippen molar-refractivity contribution in [3.05, 3.63) is 28.2 Å². The molecule has 0 bridgehead atoms. The monoisotopic (exact) mass is 454 g/mol. The lowest BCUT2D eigenvalue weighted by atomic mass is 10.1. The Balaban J connectivity index is 2.01. The van der Waals surface area contributed by atoms with E-state index in [1.54, 1.807) is 20.8 Å². The van der Waals surface area contributed by atoms with Crippen LogP contribution in [0.2, 0.25) is 0 Å². The van der Waals surface area contributed by atoms with E-state index in [4.69, 9.17) is 4.74 Å². The highest BCUT2D eigenvalue weighted by atomic mass is 79.9. The first-order valence-electron chi connectivity index (χ1n) is 8.01. The van der Waals surface area contributed by atoms with Crippen LogP contribution in [0.25, 0.3) is 0 Å². The quantitative estimate of drug-likeness (QED) is 0.708. The second kappa shape index (κ2) is 7.77. The zero-order valence-electron chi connectivity index (χ0n) is 14.7. The molecule has 1 aromatic rings. The molecule has 1 heterocycles. The van der Waals surface area contributed by atoms with Crippen LogP contribution in [0.4, 0.5) is 13.6 Å². The minimum atomic E-state index is -4.09. The van der Waals surface area contributed by atoms with Gasteiger partial charge in [0.05, 0.1) is 4.47 Å². The molecule has 10 heteroatoms. The SMILES string of the molecule is CC(C)(C)OC(=O)NCC1CCN(S(=O)(=O)c2cc(Br)c(F)cc2F)C1. The number of halogens is 3. The maximum absolute atomic E-state index is 13.9. The molecule has 1 aliphatic heterocycles. The first-order chi connectivity index (χ1) is 11.9. The van der Waals surface area contributed by atoms with Gasteiger partial charge in [-0.05, 0) is 55.1 Å². The number of sulfonamides is 1. The average Bonchev–Trinajstić information content (AvgIpc) is 2.96. The van der Waals surface area contributed by atoms with Crippen LogP contribution in [0, 0.1) is 17.6 Å². The summed E-state index contributed by atoms with van der Waals surface area (Å²) in [7, 11) is -4.09. The zero-order valence-corrected chi connectivity index (χ0v) is 17.1. The third kappa shape index (κ3) is 5.14.